The molecule has 4 nitrogen and oxygen atoms in total. The van der Waals surface area contributed by atoms with Crippen molar-refractivity contribution in [3.63, 3.8) is 0 Å². The van der Waals surface area contributed by atoms with Crippen LogP contribution in [0.2, 0.25) is 0 Å². The Labute approximate surface area is 152 Å². The van der Waals surface area contributed by atoms with Gasteiger partial charge in [-0.2, -0.15) is 0 Å². The SMILES string of the molecule is CN(CC12CC3CC(CC(C3)C1)C2)C(=O)C(N)C1CCOCC1.Cl. The van der Waals surface area contributed by atoms with Crippen LogP contribution in [-0.2, 0) is 9.53 Å². The maximum Gasteiger partial charge on any atom is 0.239 e. The van der Waals surface area contributed by atoms with Crippen LogP contribution in [-0.4, -0.2) is 43.7 Å². The number of ether oxygens (including phenoxy) is 1. The molecule has 5 heteroatoms. The van der Waals surface area contributed by atoms with Crippen molar-refractivity contribution in [2.24, 2.45) is 34.8 Å². The molecular formula is C19H33ClN2O2. The van der Waals surface area contributed by atoms with Crippen molar-refractivity contribution in [3.8, 4) is 0 Å². The normalized spacial score (nSPS) is 39.3. The second-order valence-corrected chi connectivity index (χ2v) is 9.09. The van der Waals surface area contributed by atoms with E-state index in [9.17, 15) is 4.79 Å². The van der Waals surface area contributed by atoms with E-state index in [-0.39, 0.29) is 24.4 Å². The summed E-state index contributed by atoms with van der Waals surface area (Å²) in [6, 6.07) is -0.335. The first-order valence-electron chi connectivity index (χ1n) is 9.63. The predicted molar refractivity (Wildman–Crippen MR) is 97.0 cm³/mol. The summed E-state index contributed by atoms with van der Waals surface area (Å²) in [7, 11) is 1.99. The molecule has 4 bridgehead atoms. The molecule has 5 rings (SSSR count). The van der Waals surface area contributed by atoms with Crippen LogP contribution in [0, 0.1) is 29.1 Å². The molecule has 0 radical (unpaired) electrons. The lowest BCUT2D eigenvalue weighted by Gasteiger charge is -2.57. The molecule has 0 aromatic heterocycles. The van der Waals surface area contributed by atoms with Gasteiger partial charge in [0.1, 0.15) is 0 Å². The molecule has 4 saturated carbocycles. The highest BCUT2D eigenvalue weighted by Crippen LogP contribution is 2.60. The second-order valence-electron chi connectivity index (χ2n) is 9.09. The quantitative estimate of drug-likeness (QED) is 0.842. The minimum absolute atomic E-state index is 0. The molecule has 2 N–H and O–H groups in total. The van der Waals surface area contributed by atoms with Gasteiger partial charge in [0.15, 0.2) is 0 Å². The Balaban J connectivity index is 0.00000169. The first-order valence-corrected chi connectivity index (χ1v) is 9.63. The van der Waals surface area contributed by atoms with E-state index in [1.54, 1.807) is 0 Å². The number of rotatable bonds is 4. The van der Waals surface area contributed by atoms with E-state index in [1.165, 1.54) is 38.5 Å². The first-order chi connectivity index (χ1) is 11.0. The minimum Gasteiger partial charge on any atom is -0.381 e. The van der Waals surface area contributed by atoms with Crippen molar-refractivity contribution in [2.45, 2.75) is 57.4 Å². The summed E-state index contributed by atoms with van der Waals surface area (Å²) >= 11 is 0. The molecule has 5 fully saturated rings. The third-order valence-electron chi connectivity index (χ3n) is 7.17. The Hall–Kier alpha value is -0.320. The predicted octanol–water partition coefficient (Wildman–Crippen LogP) is 2.84. The fraction of sp³-hybridized carbons (Fsp3) is 0.947. The summed E-state index contributed by atoms with van der Waals surface area (Å²) in [6.45, 7) is 2.45. The summed E-state index contributed by atoms with van der Waals surface area (Å²) in [5.41, 5.74) is 6.72. The molecule has 1 aliphatic heterocycles. The molecule has 5 aliphatic rings. The Kier molecular flexibility index (Phi) is 5.48. The van der Waals surface area contributed by atoms with Gasteiger partial charge < -0.3 is 15.4 Å². The number of hydrogen-bond acceptors (Lipinski definition) is 3. The Bertz CT molecular complexity index is 429. The van der Waals surface area contributed by atoms with E-state index in [0.717, 1.165) is 50.4 Å². The standard InChI is InChI=1S/C19H32N2O2.ClH/c1-21(18(22)17(20)16-2-4-23-5-3-16)12-19-9-13-6-14(10-19)8-15(7-13)11-19;/h13-17H,2-12,20H2,1H3;1H. The largest absolute Gasteiger partial charge is 0.381 e. The monoisotopic (exact) mass is 356 g/mol. The van der Waals surface area contributed by atoms with Crippen molar-refractivity contribution >= 4 is 18.3 Å². The zero-order valence-electron chi connectivity index (χ0n) is 14.9. The maximum absolute atomic E-state index is 12.8. The van der Waals surface area contributed by atoms with Gasteiger partial charge in [-0.1, -0.05) is 0 Å². The number of nitrogens with zero attached hydrogens (tertiary/aromatic N) is 1. The fourth-order valence-corrected chi connectivity index (χ4v) is 6.60. The highest BCUT2D eigenvalue weighted by atomic mass is 35.5. The molecule has 1 saturated heterocycles. The third kappa shape index (κ3) is 3.47. The van der Waals surface area contributed by atoms with E-state index in [0.29, 0.717) is 11.3 Å². The van der Waals surface area contributed by atoms with Crippen molar-refractivity contribution in [1.82, 2.24) is 4.90 Å². The van der Waals surface area contributed by atoms with E-state index in [2.05, 4.69) is 0 Å². The van der Waals surface area contributed by atoms with Gasteiger partial charge in [-0.3, -0.25) is 4.79 Å². The average molecular weight is 357 g/mol. The number of carbonyl (C=O) groups is 1. The lowest BCUT2D eigenvalue weighted by Crippen LogP contribution is -2.54. The third-order valence-corrected chi connectivity index (χ3v) is 7.17. The highest BCUT2D eigenvalue weighted by Gasteiger charge is 2.51. The van der Waals surface area contributed by atoms with Gasteiger partial charge in [0.05, 0.1) is 6.04 Å². The van der Waals surface area contributed by atoms with Crippen LogP contribution in [0.1, 0.15) is 51.4 Å². The molecule has 4 aliphatic carbocycles. The van der Waals surface area contributed by atoms with Gasteiger partial charge >= 0.3 is 0 Å². The second kappa shape index (κ2) is 7.13. The summed E-state index contributed by atoms with van der Waals surface area (Å²) in [5.74, 6) is 3.28. The Morgan fingerprint density at radius 1 is 1.12 bits per heavy atom. The molecule has 1 unspecified atom stereocenters. The minimum atomic E-state index is -0.335. The van der Waals surface area contributed by atoms with Crippen LogP contribution in [0.5, 0.6) is 0 Å². The smallest absolute Gasteiger partial charge is 0.239 e. The van der Waals surface area contributed by atoms with Crippen LogP contribution in [0.3, 0.4) is 0 Å². The topological polar surface area (TPSA) is 55.6 Å². The summed E-state index contributed by atoms with van der Waals surface area (Å²) in [5, 5.41) is 0. The summed E-state index contributed by atoms with van der Waals surface area (Å²) in [6.07, 6.45) is 10.3. The van der Waals surface area contributed by atoms with Gasteiger partial charge in [-0.15, -0.1) is 12.4 Å². The van der Waals surface area contributed by atoms with Crippen molar-refractivity contribution < 1.29 is 9.53 Å². The van der Waals surface area contributed by atoms with E-state index >= 15 is 0 Å². The lowest BCUT2D eigenvalue weighted by atomic mass is 9.49. The molecule has 1 heterocycles. The van der Waals surface area contributed by atoms with Crippen LogP contribution in [0.25, 0.3) is 0 Å². The van der Waals surface area contributed by atoms with E-state index in [1.807, 2.05) is 11.9 Å². The fourth-order valence-electron chi connectivity index (χ4n) is 6.60. The molecule has 1 atom stereocenters. The van der Waals surface area contributed by atoms with Crippen molar-refractivity contribution in [3.05, 3.63) is 0 Å². The molecule has 0 spiro atoms. The van der Waals surface area contributed by atoms with Crippen molar-refractivity contribution in [1.29, 1.82) is 0 Å². The number of nitrogens with two attached hydrogens (primary N) is 1. The van der Waals surface area contributed by atoms with Crippen molar-refractivity contribution in [2.75, 3.05) is 26.8 Å². The van der Waals surface area contributed by atoms with Gasteiger partial charge in [0, 0.05) is 26.8 Å². The maximum atomic E-state index is 12.8. The number of carbonyl (C=O) groups excluding carboxylic acids is 1. The molecule has 138 valence electrons. The number of amides is 1. The van der Waals surface area contributed by atoms with Gasteiger partial charge in [0.2, 0.25) is 5.91 Å². The van der Waals surface area contributed by atoms with Gasteiger partial charge in [-0.05, 0) is 80.5 Å². The molecule has 1 amide bonds. The van der Waals surface area contributed by atoms with Gasteiger partial charge in [-0.25, -0.2) is 0 Å². The molecular weight excluding hydrogens is 324 g/mol. The van der Waals surface area contributed by atoms with Crippen LogP contribution in [0.4, 0.5) is 0 Å². The number of hydrogen-bond donors (Lipinski definition) is 1. The summed E-state index contributed by atoms with van der Waals surface area (Å²) in [4.78, 5) is 14.8. The Morgan fingerprint density at radius 2 is 1.62 bits per heavy atom. The number of likely N-dealkylation sites (N-methyl/N-ethyl adjacent to an activating group) is 1. The average Bonchev–Trinajstić information content (AvgIpc) is 2.52. The lowest BCUT2D eigenvalue weighted by molar-refractivity contribution is -0.138. The number of halogens is 1. The van der Waals surface area contributed by atoms with Gasteiger partial charge in [0.25, 0.3) is 0 Å². The zero-order chi connectivity index (χ0) is 16.0. The van der Waals surface area contributed by atoms with E-state index in [4.69, 9.17) is 10.5 Å². The molecule has 24 heavy (non-hydrogen) atoms. The summed E-state index contributed by atoms with van der Waals surface area (Å²) < 4.78 is 5.40. The zero-order valence-corrected chi connectivity index (χ0v) is 15.7. The Morgan fingerprint density at radius 3 is 2.12 bits per heavy atom. The van der Waals surface area contributed by atoms with Crippen LogP contribution in [0.15, 0.2) is 0 Å². The van der Waals surface area contributed by atoms with E-state index < -0.39 is 0 Å². The highest BCUT2D eigenvalue weighted by molar-refractivity contribution is 5.85. The van der Waals surface area contributed by atoms with Crippen LogP contribution < -0.4 is 5.73 Å². The molecule has 0 aromatic carbocycles. The first kappa shape index (κ1) is 18.5. The van der Waals surface area contributed by atoms with Crippen LogP contribution >= 0.6 is 12.4 Å². The molecule has 0 aromatic rings.